The summed E-state index contributed by atoms with van der Waals surface area (Å²) in [5.74, 6) is 2.29. The minimum Gasteiger partial charge on any atom is -0.300 e. The molecule has 3 heteroatoms. The van der Waals surface area contributed by atoms with Gasteiger partial charge in [0.05, 0.1) is 10.5 Å². The third kappa shape index (κ3) is 3.13. The Balaban J connectivity index is 2.61. The van der Waals surface area contributed by atoms with Crippen LogP contribution in [0.25, 0.3) is 0 Å². The molecule has 1 rings (SSSR count). The van der Waals surface area contributed by atoms with Crippen molar-refractivity contribution in [3.8, 4) is 12.3 Å². The van der Waals surface area contributed by atoms with E-state index in [1.165, 1.54) is 6.07 Å². The lowest BCUT2D eigenvalue weighted by molar-refractivity contribution is 0.608. The average molecular weight is 256 g/mol. The van der Waals surface area contributed by atoms with Crippen LogP contribution in [-0.2, 0) is 6.54 Å². The average Bonchev–Trinajstić information content (AvgIpc) is 2.19. The molecule has 0 aliphatic heterocycles. The van der Waals surface area contributed by atoms with Crippen molar-refractivity contribution in [2.45, 2.75) is 19.5 Å². The van der Waals surface area contributed by atoms with Crippen LogP contribution in [0.3, 0.4) is 0 Å². The molecular formula is C11H11BrFN. The maximum Gasteiger partial charge on any atom is 0.137 e. The molecule has 0 spiro atoms. The number of halogens is 2. The molecule has 14 heavy (non-hydrogen) atoms. The molecule has 0 aromatic heterocycles. The maximum atomic E-state index is 13.1. The van der Waals surface area contributed by atoms with E-state index in [0.29, 0.717) is 11.0 Å². The van der Waals surface area contributed by atoms with Crippen molar-refractivity contribution in [2.24, 2.45) is 0 Å². The fourth-order valence-electron chi connectivity index (χ4n) is 0.979. The summed E-state index contributed by atoms with van der Waals surface area (Å²) in [6.45, 7) is 2.46. The van der Waals surface area contributed by atoms with Crippen LogP contribution in [0.15, 0.2) is 22.7 Å². The Bertz CT molecular complexity index is 357. The van der Waals surface area contributed by atoms with E-state index >= 15 is 0 Å². The van der Waals surface area contributed by atoms with Gasteiger partial charge in [-0.2, -0.15) is 0 Å². The molecule has 1 N–H and O–H groups in total. The number of hydrogen-bond donors (Lipinski definition) is 1. The molecule has 1 nitrogen and oxygen atoms in total. The molecule has 1 aromatic rings. The summed E-state index contributed by atoms with van der Waals surface area (Å²) in [4.78, 5) is 0. The number of rotatable bonds is 3. The van der Waals surface area contributed by atoms with Gasteiger partial charge in [0.1, 0.15) is 5.82 Å². The summed E-state index contributed by atoms with van der Waals surface area (Å²) < 4.78 is 13.5. The first-order chi connectivity index (χ1) is 6.63. The van der Waals surface area contributed by atoms with Crippen LogP contribution in [-0.4, -0.2) is 6.04 Å². The van der Waals surface area contributed by atoms with Crippen LogP contribution in [0.4, 0.5) is 4.39 Å². The molecule has 74 valence electrons. The monoisotopic (exact) mass is 255 g/mol. The van der Waals surface area contributed by atoms with Gasteiger partial charge in [0.2, 0.25) is 0 Å². The summed E-state index contributed by atoms with van der Waals surface area (Å²) in [5, 5.41) is 3.08. The second-order valence-corrected chi connectivity index (χ2v) is 3.87. The Hall–Kier alpha value is -0.850. The molecule has 1 atom stereocenters. The van der Waals surface area contributed by atoms with Crippen molar-refractivity contribution in [1.29, 1.82) is 0 Å². The molecule has 0 bridgehead atoms. The van der Waals surface area contributed by atoms with Gasteiger partial charge >= 0.3 is 0 Å². The zero-order chi connectivity index (χ0) is 10.6. The van der Waals surface area contributed by atoms with Crippen LogP contribution in [0, 0.1) is 18.2 Å². The summed E-state index contributed by atoms with van der Waals surface area (Å²) >= 11 is 3.10. The van der Waals surface area contributed by atoms with Crippen molar-refractivity contribution in [3.05, 3.63) is 34.1 Å². The Kier molecular flexibility index (Phi) is 4.12. The van der Waals surface area contributed by atoms with Gasteiger partial charge in [0.15, 0.2) is 0 Å². The highest BCUT2D eigenvalue weighted by Gasteiger charge is 2.01. The van der Waals surface area contributed by atoms with E-state index < -0.39 is 0 Å². The fourth-order valence-corrected chi connectivity index (χ4v) is 1.23. The minimum atomic E-state index is -0.252. The van der Waals surface area contributed by atoms with E-state index in [2.05, 4.69) is 27.2 Å². The van der Waals surface area contributed by atoms with Gasteiger partial charge in [0, 0.05) is 6.54 Å². The lowest BCUT2D eigenvalue weighted by atomic mass is 10.2. The predicted octanol–water partition coefficient (Wildman–Crippen LogP) is 2.70. The third-order valence-corrected chi connectivity index (χ3v) is 2.49. The Morgan fingerprint density at radius 3 is 2.93 bits per heavy atom. The summed E-state index contributed by atoms with van der Waals surface area (Å²) in [6.07, 6.45) is 5.20. The number of terminal acetylenes is 1. The first kappa shape index (κ1) is 11.2. The lowest BCUT2D eigenvalue weighted by Crippen LogP contribution is -2.23. The molecule has 0 radical (unpaired) electrons. The SMILES string of the molecule is C#CC(C)NCc1ccc(Br)c(F)c1. The largest absolute Gasteiger partial charge is 0.300 e. The van der Waals surface area contributed by atoms with Crippen molar-refractivity contribution in [2.75, 3.05) is 0 Å². The van der Waals surface area contributed by atoms with Crippen LogP contribution in [0.1, 0.15) is 12.5 Å². The lowest BCUT2D eigenvalue weighted by Gasteiger charge is -2.07. The minimum absolute atomic E-state index is 0.00158. The zero-order valence-corrected chi connectivity index (χ0v) is 9.44. The Morgan fingerprint density at radius 2 is 2.36 bits per heavy atom. The normalized spacial score (nSPS) is 12.1. The number of benzene rings is 1. The molecule has 0 fully saturated rings. The smallest absolute Gasteiger partial charge is 0.137 e. The fraction of sp³-hybridized carbons (Fsp3) is 0.273. The van der Waals surface area contributed by atoms with E-state index in [0.717, 1.165) is 5.56 Å². The van der Waals surface area contributed by atoms with Gasteiger partial charge in [-0.1, -0.05) is 12.0 Å². The maximum absolute atomic E-state index is 13.1. The number of hydrogen-bond acceptors (Lipinski definition) is 1. The Morgan fingerprint density at radius 1 is 1.64 bits per heavy atom. The highest BCUT2D eigenvalue weighted by atomic mass is 79.9. The summed E-state index contributed by atoms with van der Waals surface area (Å²) in [5.41, 5.74) is 0.882. The van der Waals surface area contributed by atoms with Crippen molar-refractivity contribution in [1.82, 2.24) is 5.32 Å². The first-order valence-corrected chi connectivity index (χ1v) is 5.06. The Labute approximate surface area is 91.8 Å². The second-order valence-electron chi connectivity index (χ2n) is 3.02. The van der Waals surface area contributed by atoms with Gasteiger partial charge < -0.3 is 0 Å². The van der Waals surface area contributed by atoms with Crippen LogP contribution >= 0.6 is 15.9 Å². The van der Waals surface area contributed by atoms with Gasteiger partial charge in [-0.25, -0.2) is 4.39 Å². The molecular weight excluding hydrogens is 245 g/mol. The molecule has 0 heterocycles. The summed E-state index contributed by atoms with van der Waals surface area (Å²) in [7, 11) is 0. The molecule has 0 amide bonds. The van der Waals surface area contributed by atoms with E-state index in [9.17, 15) is 4.39 Å². The van der Waals surface area contributed by atoms with Crippen molar-refractivity contribution >= 4 is 15.9 Å². The molecule has 0 aliphatic rings. The predicted molar refractivity (Wildman–Crippen MR) is 59.2 cm³/mol. The first-order valence-electron chi connectivity index (χ1n) is 4.27. The molecule has 1 aromatic carbocycles. The molecule has 0 saturated heterocycles. The topological polar surface area (TPSA) is 12.0 Å². The van der Waals surface area contributed by atoms with Crippen LogP contribution in [0.5, 0.6) is 0 Å². The summed E-state index contributed by atoms with van der Waals surface area (Å²) in [6, 6.07) is 5.03. The van der Waals surface area contributed by atoms with E-state index in [-0.39, 0.29) is 11.9 Å². The van der Waals surface area contributed by atoms with Gasteiger partial charge in [0.25, 0.3) is 0 Å². The zero-order valence-electron chi connectivity index (χ0n) is 7.85. The highest BCUT2D eigenvalue weighted by Crippen LogP contribution is 2.16. The number of nitrogens with one attached hydrogen (secondary N) is 1. The van der Waals surface area contributed by atoms with E-state index in [4.69, 9.17) is 6.42 Å². The molecule has 0 aliphatic carbocycles. The van der Waals surface area contributed by atoms with Crippen molar-refractivity contribution < 1.29 is 4.39 Å². The standard InChI is InChI=1S/C11H11BrFN/c1-3-8(2)14-7-9-4-5-10(12)11(13)6-9/h1,4-6,8,14H,7H2,2H3. The molecule has 0 saturated carbocycles. The second kappa shape index (κ2) is 5.14. The quantitative estimate of drug-likeness (QED) is 0.820. The van der Waals surface area contributed by atoms with Crippen LogP contribution in [0.2, 0.25) is 0 Å². The van der Waals surface area contributed by atoms with E-state index in [1.54, 1.807) is 6.07 Å². The third-order valence-electron chi connectivity index (χ3n) is 1.85. The van der Waals surface area contributed by atoms with Gasteiger partial charge in [-0.15, -0.1) is 6.42 Å². The van der Waals surface area contributed by atoms with Crippen molar-refractivity contribution in [3.63, 3.8) is 0 Å². The highest BCUT2D eigenvalue weighted by molar-refractivity contribution is 9.10. The van der Waals surface area contributed by atoms with Gasteiger partial charge in [-0.3, -0.25) is 5.32 Å². The molecule has 1 unspecified atom stereocenters. The van der Waals surface area contributed by atoms with Crippen LogP contribution < -0.4 is 5.32 Å². The van der Waals surface area contributed by atoms with Gasteiger partial charge in [-0.05, 0) is 40.5 Å². The van der Waals surface area contributed by atoms with E-state index in [1.807, 2.05) is 13.0 Å².